The summed E-state index contributed by atoms with van der Waals surface area (Å²) >= 11 is 0. The lowest BCUT2D eigenvalue weighted by Gasteiger charge is -2.32. The van der Waals surface area contributed by atoms with E-state index in [9.17, 15) is 9.18 Å². The van der Waals surface area contributed by atoms with Crippen molar-refractivity contribution in [3.05, 3.63) is 77.9 Å². The van der Waals surface area contributed by atoms with Crippen molar-refractivity contribution >= 4 is 11.7 Å². The van der Waals surface area contributed by atoms with Crippen LogP contribution in [0.4, 0.5) is 10.2 Å². The molecule has 0 bridgehead atoms. The van der Waals surface area contributed by atoms with E-state index in [1.807, 2.05) is 24.3 Å². The number of aromatic nitrogens is 2. The van der Waals surface area contributed by atoms with Crippen LogP contribution in [0.3, 0.4) is 0 Å². The molecule has 2 aromatic carbocycles. The highest BCUT2D eigenvalue weighted by molar-refractivity contribution is 5.79. The Morgan fingerprint density at radius 1 is 1.10 bits per heavy atom. The molecule has 1 amide bonds. The summed E-state index contributed by atoms with van der Waals surface area (Å²) in [5.74, 6) is 0.704. The summed E-state index contributed by atoms with van der Waals surface area (Å²) in [6.07, 6.45) is 3.11. The summed E-state index contributed by atoms with van der Waals surface area (Å²) in [6, 6.07) is 16.3. The zero-order chi connectivity index (χ0) is 20.9. The van der Waals surface area contributed by atoms with E-state index >= 15 is 0 Å². The second kappa shape index (κ2) is 9.03. The fraction of sp³-hybridized carbons (Fsp3) is 0.292. The van der Waals surface area contributed by atoms with Gasteiger partial charge in [-0.1, -0.05) is 24.3 Å². The molecule has 2 heterocycles. The van der Waals surface area contributed by atoms with Gasteiger partial charge in [-0.05, 0) is 55.2 Å². The van der Waals surface area contributed by atoms with Crippen molar-refractivity contribution in [2.45, 2.75) is 26.3 Å². The average Bonchev–Trinajstić information content (AvgIpc) is 2.79. The summed E-state index contributed by atoms with van der Waals surface area (Å²) < 4.78 is 13.2. The smallest absolute Gasteiger partial charge is 0.223 e. The summed E-state index contributed by atoms with van der Waals surface area (Å²) in [7, 11) is 0. The lowest BCUT2D eigenvalue weighted by molar-refractivity contribution is -0.125. The monoisotopic (exact) mass is 404 g/mol. The number of halogens is 1. The SMILES string of the molecule is Cc1ccccc1CNC(=O)C1CCN(c2cc(-c3ccc(F)cc3)ncn2)CC1. The minimum absolute atomic E-state index is 0.0173. The standard InChI is InChI=1S/C24H25FN4O/c1-17-4-2-3-5-20(17)15-26-24(30)19-10-12-29(13-11-19)23-14-22(27-16-28-23)18-6-8-21(25)9-7-18/h2-9,14,16,19H,10-13,15H2,1H3,(H,26,30). The molecule has 1 aliphatic heterocycles. The number of rotatable bonds is 5. The van der Waals surface area contributed by atoms with Gasteiger partial charge in [0, 0.05) is 37.2 Å². The number of anilines is 1. The van der Waals surface area contributed by atoms with Crippen LogP contribution in [0, 0.1) is 18.7 Å². The molecule has 6 heteroatoms. The first-order chi connectivity index (χ1) is 14.6. The number of carbonyl (C=O) groups excluding carboxylic acids is 1. The Morgan fingerprint density at radius 2 is 1.83 bits per heavy atom. The van der Waals surface area contributed by atoms with Gasteiger partial charge in [0.25, 0.3) is 0 Å². The van der Waals surface area contributed by atoms with Gasteiger partial charge in [0.05, 0.1) is 5.69 Å². The number of amides is 1. The maximum absolute atomic E-state index is 13.2. The highest BCUT2D eigenvalue weighted by Gasteiger charge is 2.25. The quantitative estimate of drug-likeness (QED) is 0.695. The van der Waals surface area contributed by atoms with Gasteiger partial charge in [-0.2, -0.15) is 0 Å². The number of nitrogens with one attached hydrogen (secondary N) is 1. The molecule has 1 N–H and O–H groups in total. The molecule has 154 valence electrons. The molecule has 0 aliphatic carbocycles. The van der Waals surface area contributed by atoms with E-state index in [4.69, 9.17) is 0 Å². The molecule has 0 atom stereocenters. The molecule has 5 nitrogen and oxygen atoms in total. The van der Waals surface area contributed by atoms with Crippen LogP contribution in [-0.2, 0) is 11.3 Å². The van der Waals surface area contributed by atoms with Crippen molar-refractivity contribution in [3.8, 4) is 11.3 Å². The van der Waals surface area contributed by atoms with E-state index in [2.05, 4.69) is 33.2 Å². The largest absolute Gasteiger partial charge is 0.356 e. The van der Waals surface area contributed by atoms with Crippen LogP contribution in [0.15, 0.2) is 60.9 Å². The van der Waals surface area contributed by atoms with E-state index in [-0.39, 0.29) is 17.6 Å². The van der Waals surface area contributed by atoms with Crippen LogP contribution in [-0.4, -0.2) is 29.0 Å². The maximum atomic E-state index is 13.2. The third-order valence-corrected chi connectivity index (χ3v) is 5.70. The van der Waals surface area contributed by atoms with Gasteiger partial charge in [-0.15, -0.1) is 0 Å². The van der Waals surface area contributed by atoms with E-state index < -0.39 is 0 Å². The van der Waals surface area contributed by atoms with E-state index in [0.717, 1.165) is 48.6 Å². The zero-order valence-electron chi connectivity index (χ0n) is 17.0. The lowest BCUT2D eigenvalue weighted by atomic mass is 9.95. The van der Waals surface area contributed by atoms with Gasteiger partial charge in [-0.25, -0.2) is 14.4 Å². The number of nitrogens with zero attached hydrogens (tertiary/aromatic N) is 3. The number of hydrogen-bond donors (Lipinski definition) is 1. The van der Waals surface area contributed by atoms with Crippen molar-refractivity contribution in [1.29, 1.82) is 0 Å². The molecule has 0 spiro atoms. The van der Waals surface area contributed by atoms with Gasteiger partial charge in [0.1, 0.15) is 18.0 Å². The summed E-state index contributed by atoms with van der Waals surface area (Å²) in [5, 5.41) is 3.09. The van der Waals surface area contributed by atoms with E-state index in [0.29, 0.717) is 6.54 Å². The van der Waals surface area contributed by atoms with Crippen LogP contribution < -0.4 is 10.2 Å². The van der Waals surface area contributed by atoms with Gasteiger partial charge in [0.2, 0.25) is 5.91 Å². The van der Waals surface area contributed by atoms with Crippen LogP contribution >= 0.6 is 0 Å². The number of carbonyl (C=O) groups is 1. The summed E-state index contributed by atoms with van der Waals surface area (Å²) in [4.78, 5) is 23.5. The Balaban J connectivity index is 1.34. The van der Waals surface area contributed by atoms with Crippen molar-refractivity contribution in [3.63, 3.8) is 0 Å². The van der Waals surface area contributed by atoms with Gasteiger partial charge in [-0.3, -0.25) is 4.79 Å². The molecule has 1 saturated heterocycles. The Kier molecular flexibility index (Phi) is 6.02. The topological polar surface area (TPSA) is 58.1 Å². The Bertz CT molecular complexity index is 1010. The van der Waals surface area contributed by atoms with Crippen molar-refractivity contribution in [2.75, 3.05) is 18.0 Å². The second-order valence-corrected chi connectivity index (χ2v) is 7.67. The van der Waals surface area contributed by atoms with E-state index in [1.54, 1.807) is 12.1 Å². The molecule has 4 rings (SSSR count). The average molecular weight is 404 g/mol. The molecule has 0 unspecified atom stereocenters. The maximum Gasteiger partial charge on any atom is 0.223 e. The number of piperidine rings is 1. The van der Waals surface area contributed by atoms with Crippen molar-refractivity contribution in [1.82, 2.24) is 15.3 Å². The minimum atomic E-state index is -0.268. The Hall–Kier alpha value is -3.28. The lowest BCUT2D eigenvalue weighted by Crippen LogP contribution is -2.40. The molecule has 1 fully saturated rings. The fourth-order valence-corrected chi connectivity index (χ4v) is 3.80. The number of hydrogen-bond acceptors (Lipinski definition) is 4. The Labute approximate surface area is 176 Å². The fourth-order valence-electron chi connectivity index (χ4n) is 3.80. The number of aryl methyl sites for hydroxylation is 1. The first kappa shape index (κ1) is 20.0. The van der Waals surface area contributed by atoms with E-state index in [1.165, 1.54) is 24.0 Å². The number of benzene rings is 2. The molecule has 1 aromatic heterocycles. The molecule has 3 aromatic rings. The predicted molar refractivity (Wildman–Crippen MR) is 115 cm³/mol. The van der Waals surface area contributed by atoms with Crippen LogP contribution in [0.25, 0.3) is 11.3 Å². The molecular formula is C24H25FN4O. The first-order valence-corrected chi connectivity index (χ1v) is 10.3. The minimum Gasteiger partial charge on any atom is -0.356 e. The normalized spacial score (nSPS) is 14.5. The first-order valence-electron chi connectivity index (χ1n) is 10.3. The Morgan fingerprint density at radius 3 is 2.57 bits per heavy atom. The summed E-state index contributed by atoms with van der Waals surface area (Å²) in [5.41, 5.74) is 3.95. The van der Waals surface area contributed by atoms with Crippen LogP contribution in [0.1, 0.15) is 24.0 Å². The molecule has 30 heavy (non-hydrogen) atoms. The van der Waals surface area contributed by atoms with Gasteiger partial charge in [0.15, 0.2) is 0 Å². The highest BCUT2D eigenvalue weighted by Crippen LogP contribution is 2.25. The highest BCUT2D eigenvalue weighted by atomic mass is 19.1. The van der Waals surface area contributed by atoms with Crippen molar-refractivity contribution in [2.24, 2.45) is 5.92 Å². The molecular weight excluding hydrogens is 379 g/mol. The zero-order valence-corrected chi connectivity index (χ0v) is 17.0. The third-order valence-electron chi connectivity index (χ3n) is 5.70. The second-order valence-electron chi connectivity index (χ2n) is 7.67. The summed E-state index contributed by atoms with van der Waals surface area (Å²) in [6.45, 7) is 4.16. The van der Waals surface area contributed by atoms with Gasteiger partial charge < -0.3 is 10.2 Å². The molecule has 0 radical (unpaired) electrons. The third kappa shape index (κ3) is 4.64. The molecule has 0 saturated carbocycles. The predicted octanol–water partition coefficient (Wildman–Crippen LogP) is 4.12. The van der Waals surface area contributed by atoms with Gasteiger partial charge >= 0.3 is 0 Å². The van der Waals surface area contributed by atoms with Crippen LogP contribution in [0.5, 0.6) is 0 Å². The molecule has 1 aliphatic rings. The van der Waals surface area contributed by atoms with Crippen LogP contribution in [0.2, 0.25) is 0 Å². The van der Waals surface area contributed by atoms with Crippen molar-refractivity contribution < 1.29 is 9.18 Å².